The van der Waals surface area contributed by atoms with E-state index in [4.69, 9.17) is 5.11 Å². The fourth-order valence-corrected chi connectivity index (χ4v) is 3.25. The summed E-state index contributed by atoms with van der Waals surface area (Å²) >= 11 is 0. The lowest BCUT2D eigenvalue weighted by atomic mass is 9.89. The summed E-state index contributed by atoms with van der Waals surface area (Å²) in [6.45, 7) is 0. The van der Waals surface area contributed by atoms with Crippen molar-refractivity contribution in [2.24, 2.45) is 13.0 Å². The van der Waals surface area contributed by atoms with Crippen molar-refractivity contribution in [3.05, 3.63) is 18.0 Å². The van der Waals surface area contributed by atoms with Crippen LogP contribution in [0, 0.1) is 5.92 Å². The maximum atomic E-state index is 12.4. The van der Waals surface area contributed by atoms with Gasteiger partial charge in [0.2, 0.25) is 0 Å². The number of nitrogens with zero attached hydrogens (tertiary/aromatic N) is 3. The summed E-state index contributed by atoms with van der Waals surface area (Å²) in [4.78, 5) is 25.3. The normalized spacial score (nSPS) is 29.8. The van der Waals surface area contributed by atoms with Crippen LogP contribution in [0.5, 0.6) is 0 Å². The molecule has 1 aromatic rings. The molecule has 18 heavy (non-hydrogen) atoms. The number of aliphatic carboxylic acids is 1. The van der Waals surface area contributed by atoms with Crippen molar-refractivity contribution in [3.8, 4) is 0 Å². The fraction of sp³-hybridized carbons (Fsp3) is 0.583. The molecule has 2 aliphatic heterocycles. The summed E-state index contributed by atoms with van der Waals surface area (Å²) in [5.74, 6) is -1.27. The van der Waals surface area contributed by atoms with Crippen molar-refractivity contribution in [2.75, 3.05) is 0 Å². The number of amides is 1. The smallest absolute Gasteiger partial charge is 0.308 e. The summed E-state index contributed by atoms with van der Waals surface area (Å²) in [5, 5.41) is 13.1. The molecule has 0 radical (unpaired) electrons. The summed E-state index contributed by atoms with van der Waals surface area (Å²) in [5.41, 5.74) is 0.542. The Labute approximate surface area is 104 Å². The number of hydrogen-bond acceptors (Lipinski definition) is 3. The van der Waals surface area contributed by atoms with Crippen molar-refractivity contribution in [1.82, 2.24) is 14.7 Å². The largest absolute Gasteiger partial charge is 0.481 e. The van der Waals surface area contributed by atoms with E-state index in [9.17, 15) is 9.59 Å². The predicted molar refractivity (Wildman–Crippen MR) is 61.9 cm³/mol. The van der Waals surface area contributed by atoms with Crippen LogP contribution in [0.1, 0.15) is 29.6 Å². The molecule has 3 heterocycles. The standard InChI is InChI=1S/C12H15N3O3/c1-14-6-7(5-13-14)11(16)15-8-2-3-10(15)9(4-8)12(17)18/h5-6,8-10H,2-4H2,1H3,(H,17,18). The minimum Gasteiger partial charge on any atom is -0.481 e. The van der Waals surface area contributed by atoms with Crippen LogP contribution in [0.4, 0.5) is 0 Å². The third-order valence-electron chi connectivity index (χ3n) is 4.04. The first-order valence-electron chi connectivity index (χ1n) is 6.12. The third kappa shape index (κ3) is 1.52. The van der Waals surface area contributed by atoms with Crippen molar-refractivity contribution >= 4 is 11.9 Å². The zero-order chi connectivity index (χ0) is 12.9. The van der Waals surface area contributed by atoms with E-state index in [2.05, 4.69) is 5.10 Å². The second-order valence-electron chi connectivity index (χ2n) is 5.09. The average molecular weight is 249 g/mol. The zero-order valence-electron chi connectivity index (χ0n) is 10.1. The number of aryl methyl sites for hydroxylation is 1. The SMILES string of the molecule is Cn1cc(C(=O)N2C3CCC2C(C(=O)O)C3)cn1. The van der Waals surface area contributed by atoms with Gasteiger partial charge in [-0.2, -0.15) is 5.10 Å². The van der Waals surface area contributed by atoms with Gasteiger partial charge in [0.1, 0.15) is 0 Å². The number of fused-ring (bicyclic) bond motifs is 2. The Hall–Kier alpha value is -1.85. The van der Waals surface area contributed by atoms with Crippen LogP contribution < -0.4 is 0 Å². The predicted octanol–water partition coefficient (Wildman–Crippen LogP) is 0.498. The quantitative estimate of drug-likeness (QED) is 0.828. The molecule has 3 unspecified atom stereocenters. The van der Waals surface area contributed by atoms with Crippen LogP contribution in [0.2, 0.25) is 0 Å². The number of carbonyl (C=O) groups excluding carboxylic acids is 1. The monoisotopic (exact) mass is 249 g/mol. The van der Waals surface area contributed by atoms with E-state index < -0.39 is 11.9 Å². The van der Waals surface area contributed by atoms with Crippen molar-refractivity contribution in [1.29, 1.82) is 0 Å². The average Bonchev–Trinajstić information content (AvgIpc) is 3.01. The topological polar surface area (TPSA) is 75.4 Å². The van der Waals surface area contributed by atoms with Crippen molar-refractivity contribution in [3.63, 3.8) is 0 Å². The molecule has 0 spiro atoms. The van der Waals surface area contributed by atoms with Crippen LogP contribution in [0.3, 0.4) is 0 Å². The van der Waals surface area contributed by atoms with Gasteiger partial charge in [-0.05, 0) is 19.3 Å². The number of aromatic nitrogens is 2. The molecule has 2 bridgehead atoms. The minimum atomic E-state index is -0.786. The lowest BCUT2D eigenvalue weighted by molar-refractivity contribution is -0.142. The highest BCUT2D eigenvalue weighted by Crippen LogP contribution is 2.42. The maximum absolute atomic E-state index is 12.4. The van der Waals surface area contributed by atoms with E-state index in [1.807, 2.05) is 0 Å². The van der Waals surface area contributed by atoms with Crippen LogP contribution in [-0.2, 0) is 11.8 Å². The summed E-state index contributed by atoms with van der Waals surface area (Å²) in [6.07, 6.45) is 5.52. The Morgan fingerprint density at radius 3 is 2.78 bits per heavy atom. The number of hydrogen-bond donors (Lipinski definition) is 1. The molecular weight excluding hydrogens is 234 g/mol. The molecule has 1 N–H and O–H groups in total. The minimum absolute atomic E-state index is 0.0839. The van der Waals surface area contributed by atoms with Crippen LogP contribution >= 0.6 is 0 Å². The van der Waals surface area contributed by atoms with E-state index in [-0.39, 0.29) is 18.0 Å². The van der Waals surface area contributed by atoms with Crippen molar-refractivity contribution < 1.29 is 14.7 Å². The highest BCUT2D eigenvalue weighted by molar-refractivity contribution is 5.95. The number of rotatable bonds is 2. The van der Waals surface area contributed by atoms with Gasteiger partial charge in [0, 0.05) is 25.3 Å². The maximum Gasteiger partial charge on any atom is 0.308 e. The molecule has 96 valence electrons. The van der Waals surface area contributed by atoms with Gasteiger partial charge in [0.25, 0.3) is 5.91 Å². The Kier molecular flexibility index (Phi) is 2.39. The van der Waals surface area contributed by atoms with E-state index in [0.717, 1.165) is 12.8 Å². The van der Waals surface area contributed by atoms with E-state index >= 15 is 0 Å². The van der Waals surface area contributed by atoms with E-state index in [0.29, 0.717) is 12.0 Å². The van der Waals surface area contributed by atoms with E-state index in [1.165, 1.54) is 6.20 Å². The van der Waals surface area contributed by atoms with Gasteiger partial charge in [-0.1, -0.05) is 0 Å². The van der Waals surface area contributed by atoms with E-state index in [1.54, 1.807) is 22.8 Å². The Bertz CT molecular complexity index is 510. The van der Waals surface area contributed by atoms with Crippen LogP contribution in [0.25, 0.3) is 0 Å². The molecular formula is C12H15N3O3. The molecule has 0 aliphatic carbocycles. The fourth-order valence-electron chi connectivity index (χ4n) is 3.25. The van der Waals surface area contributed by atoms with Gasteiger partial charge in [-0.3, -0.25) is 14.3 Å². The first-order valence-corrected chi connectivity index (χ1v) is 6.12. The van der Waals surface area contributed by atoms with Crippen LogP contribution in [-0.4, -0.2) is 43.7 Å². The second kappa shape index (κ2) is 3.83. The molecule has 3 atom stereocenters. The Morgan fingerprint density at radius 1 is 1.44 bits per heavy atom. The first kappa shape index (κ1) is 11.3. The first-order chi connectivity index (χ1) is 8.58. The zero-order valence-corrected chi connectivity index (χ0v) is 10.1. The van der Waals surface area contributed by atoms with Crippen molar-refractivity contribution in [2.45, 2.75) is 31.3 Å². The number of carboxylic acid groups (broad SMARTS) is 1. The van der Waals surface area contributed by atoms with Gasteiger partial charge in [0.05, 0.1) is 17.7 Å². The van der Waals surface area contributed by atoms with Gasteiger partial charge >= 0.3 is 5.97 Å². The molecule has 0 aromatic carbocycles. The van der Waals surface area contributed by atoms with Crippen LogP contribution in [0.15, 0.2) is 12.4 Å². The molecule has 3 rings (SSSR count). The third-order valence-corrected chi connectivity index (χ3v) is 4.04. The van der Waals surface area contributed by atoms with Gasteiger partial charge < -0.3 is 10.0 Å². The lowest BCUT2D eigenvalue weighted by Gasteiger charge is -2.22. The molecule has 1 aromatic heterocycles. The lowest BCUT2D eigenvalue weighted by Crippen LogP contribution is -2.37. The van der Waals surface area contributed by atoms with Gasteiger partial charge in [-0.15, -0.1) is 0 Å². The summed E-state index contributed by atoms with van der Waals surface area (Å²) in [7, 11) is 1.76. The summed E-state index contributed by atoms with van der Waals surface area (Å²) < 4.78 is 1.58. The molecule has 2 saturated heterocycles. The molecule has 6 heteroatoms. The number of carbonyl (C=O) groups is 2. The number of carboxylic acids is 1. The molecule has 0 saturated carbocycles. The molecule has 2 fully saturated rings. The molecule has 6 nitrogen and oxygen atoms in total. The molecule has 2 aliphatic rings. The van der Waals surface area contributed by atoms with Gasteiger partial charge in [0.15, 0.2) is 0 Å². The summed E-state index contributed by atoms with van der Waals surface area (Å²) in [6, 6.07) is -0.0518. The van der Waals surface area contributed by atoms with Gasteiger partial charge in [-0.25, -0.2) is 0 Å². The molecule has 1 amide bonds. The second-order valence-corrected chi connectivity index (χ2v) is 5.09. The highest BCUT2D eigenvalue weighted by Gasteiger charge is 2.51. The Balaban J connectivity index is 1.85. The highest BCUT2D eigenvalue weighted by atomic mass is 16.4. The Morgan fingerprint density at radius 2 is 2.22 bits per heavy atom.